The number of carboxylic acids is 1. The minimum absolute atomic E-state index is 0.0710. The zero-order valence-electron chi connectivity index (χ0n) is 22.4. The first-order chi connectivity index (χ1) is 21.2. The van der Waals surface area contributed by atoms with Crippen LogP contribution in [-0.4, -0.2) is 79.9 Å². The SMILES string of the molecule is N#CNC(=O)c1cc(-c2cc[n+](CC3=C(C(=O)[O-])N4C(=O)[C@@H](NC(=O)/C(=N\OCCF)c5csc(N)n5)[C@H]4SC3)cc2)n[nH]1. The number of halogens is 1. The monoisotopic (exact) mass is 640 g/mol. The molecule has 1 fully saturated rings. The van der Waals surface area contributed by atoms with E-state index in [1.165, 1.54) is 23.2 Å². The van der Waals surface area contributed by atoms with E-state index >= 15 is 0 Å². The first-order valence-electron chi connectivity index (χ1n) is 12.6. The van der Waals surface area contributed by atoms with Gasteiger partial charge in [0.2, 0.25) is 0 Å². The number of amides is 3. The van der Waals surface area contributed by atoms with Gasteiger partial charge < -0.3 is 25.8 Å². The number of nitriles is 1. The third-order valence-corrected chi connectivity index (χ3v) is 8.40. The number of hydrogen-bond acceptors (Lipinski definition) is 13. The second-order valence-electron chi connectivity index (χ2n) is 9.13. The summed E-state index contributed by atoms with van der Waals surface area (Å²) in [5.74, 6) is -3.44. The Labute approximate surface area is 255 Å². The number of thioether (sulfide) groups is 1. The van der Waals surface area contributed by atoms with Crippen molar-refractivity contribution in [3.8, 4) is 17.5 Å². The molecule has 0 unspecified atom stereocenters. The Balaban J connectivity index is 1.29. The van der Waals surface area contributed by atoms with Crippen LogP contribution in [0.25, 0.3) is 11.3 Å². The van der Waals surface area contributed by atoms with E-state index in [0.29, 0.717) is 16.8 Å². The molecule has 0 spiro atoms. The van der Waals surface area contributed by atoms with Crippen LogP contribution in [-0.2, 0) is 25.8 Å². The van der Waals surface area contributed by atoms with Gasteiger partial charge in [0, 0.05) is 34.4 Å². The summed E-state index contributed by atoms with van der Waals surface area (Å²) in [6, 6.07) is 3.80. The first-order valence-corrected chi connectivity index (χ1v) is 14.5. The van der Waals surface area contributed by atoms with Gasteiger partial charge in [-0.15, -0.1) is 23.1 Å². The number of aromatic amines is 1. The quantitative estimate of drug-likeness (QED) is 0.0354. The van der Waals surface area contributed by atoms with E-state index in [-0.39, 0.29) is 40.2 Å². The van der Waals surface area contributed by atoms with Crippen LogP contribution >= 0.6 is 23.1 Å². The first kappa shape index (κ1) is 30.1. The number of nitrogens with one attached hydrogen (secondary N) is 3. The van der Waals surface area contributed by atoms with Crippen molar-refractivity contribution >= 4 is 57.6 Å². The predicted molar refractivity (Wildman–Crippen MR) is 149 cm³/mol. The van der Waals surface area contributed by atoms with Gasteiger partial charge in [-0.3, -0.25) is 29.7 Å². The summed E-state index contributed by atoms with van der Waals surface area (Å²) >= 11 is 2.30. The van der Waals surface area contributed by atoms with Crippen molar-refractivity contribution in [2.24, 2.45) is 5.16 Å². The molecule has 0 aromatic carbocycles. The smallest absolute Gasteiger partial charge is 0.282 e. The number of pyridine rings is 1. The van der Waals surface area contributed by atoms with Gasteiger partial charge in [-0.25, -0.2) is 13.9 Å². The molecule has 3 amide bonds. The third-order valence-electron chi connectivity index (χ3n) is 6.38. The number of anilines is 1. The number of β-lactam (4-membered cyclic amide) rings is 1. The number of thiazole rings is 1. The number of alkyl halides is 1. The second kappa shape index (κ2) is 12.9. The highest BCUT2D eigenvalue weighted by atomic mass is 32.2. The Morgan fingerprint density at radius 3 is 2.80 bits per heavy atom. The van der Waals surface area contributed by atoms with Crippen LogP contribution in [0.3, 0.4) is 0 Å². The van der Waals surface area contributed by atoms with Gasteiger partial charge in [-0.05, 0) is 6.07 Å². The molecule has 226 valence electrons. The molecule has 2 aliphatic heterocycles. The fraction of sp³-hybridized carbons (Fsp3) is 0.240. The average Bonchev–Trinajstić information content (AvgIpc) is 3.68. The Bertz CT molecular complexity index is 1730. The molecule has 19 heteroatoms. The number of H-pyrrole nitrogens is 1. The van der Waals surface area contributed by atoms with E-state index in [0.717, 1.165) is 16.2 Å². The number of aromatic nitrogens is 4. The van der Waals surface area contributed by atoms with Crippen molar-refractivity contribution in [1.82, 2.24) is 30.7 Å². The fourth-order valence-corrected chi connectivity index (χ4v) is 6.29. The van der Waals surface area contributed by atoms with Crippen molar-refractivity contribution < 1.29 is 38.1 Å². The second-order valence-corrected chi connectivity index (χ2v) is 11.1. The number of carboxylic acid groups (broad SMARTS) is 1. The molecule has 0 saturated carbocycles. The van der Waals surface area contributed by atoms with Crippen LogP contribution in [0.15, 0.2) is 52.4 Å². The third kappa shape index (κ3) is 6.06. The van der Waals surface area contributed by atoms with Crippen LogP contribution in [0.5, 0.6) is 0 Å². The van der Waals surface area contributed by atoms with E-state index < -0.39 is 48.4 Å². The molecule has 16 nitrogen and oxygen atoms in total. The van der Waals surface area contributed by atoms with Gasteiger partial charge in [0.05, 0.1) is 17.4 Å². The summed E-state index contributed by atoms with van der Waals surface area (Å²) in [7, 11) is 0. The van der Waals surface area contributed by atoms with E-state index in [1.54, 1.807) is 35.3 Å². The number of oxime groups is 1. The Kier molecular flexibility index (Phi) is 8.82. The lowest BCUT2D eigenvalue weighted by Gasteiger charge is -2.50. The van der Waals surface area contributed by atoms with Gasteiger partial charge >= 0.3 is 0 Å². The molecular formula is C25H21FN10O6S2. The summed E-state index contributed by atoms with van der Waals surface area (Å²) in [4.78, 5) is 60.0. The lowest BCUT2D eigenvalue weighted by atomic mass is 10.0. The average molecular weight is 641 g/mol. The fourth-order valence-electron chi connectivity index (χ4n) is 4.41. The lowest BCUT2D eigenvalue weighted by Crippen LogP contribution is -2.71. The summed E-state index contributed by atoms with van der Waals surface area (Å²) < 4.78 is 14.2. The van der Waals surface area contributed by atoms with Gasteiger partial charge in [0.25, 0.3) is 17.7 Å². The zero-order valence-corrected chi connectivity index (χ0v) is 24.0. The molecule has 0 radical (unpaired) electrons. The van der Waals surface area contributed by atoms with Gasteiger partial charge in [-0.1, -0.05) is 5.16 Å². The van der Waals surface area contributed by atoms with Crippen LogP contribution in [0, 0.1) is 11.5 Å². The van der Waals surface area contributed by atoms with Crippen molar-refractivity contribution in [1.29, 1.82) is 5.26 Å². The Morgan fingerprint density at radius 1 is 1.36 bits per heavy atom. The van der Waals surface area contributed by atoms with Crippen LogP contribution in [0.4, 0.5) is 9.52 Å². The molecule has 0 bridgehead atoms. The summed E-state index contributed by atoms with van der Waals surface area (Å²) in [6.07, 6.45) is 4.89. The Morgan fingerprint density at radius 2 is 2.14 bits per heavy atom. The maximum Gasteiger partial charge on any atom is 0.282 e. The Hall–Kier alpha value is -5.35. The normalized spacial score (nSPS) is 17.8. The lowest BCUT2D eigenvalue weighted by molar-refractivity contribution is -0.689. The maximum absolute atomic E-state index is 13.1. The number of rotatable bonds is 11. The van der Waals surface area contributed by atoms with Gasteiger partial charge in [0.1, 0.15) is 36.1 Å². The molecule has 44 heavy (non-hydrogen) atoms. The number of fused-ring (bicyclic) bond motifs is 1. The molecule has 5 rings (SSSR count). The van der Waals surface area contributed by atoms with Gasteiger partial charge in [-0.2, -0.15) is 10.4 Å². The molecule has 0 aliphatic carbocycles. The number of nitrogens with two attached hydrogens (primary N) is 1. The van der Waals surface area contributed by atoms with Crippen molar-refractivity contribution in [2.45, 2.75) is 18.0 Å². The molecule has 3 aromatic heterocycles. The van der Waals surface area contributed by atoms with E-state index in [1.807, 2.05) is 5.32 Å². The van der Waals surface area contributed by atoms with Crippen molar-refractivity contribution in [3.05, 3.63) is 58.6 Å². The standard InChI is InChI=1S/C25H21FN10O6S2/c26-3-6-42-34-17(16-10-44-25(28)30-16)21(38)31-18-22(39)36-19(24(40)41)13(9-43-23(18)36)8-35-4-1-12(2-5-35)14-7-15(33-32-14)20(37)29-11-27/h1-2,4-5,7,10,18,23H,3,6,8-9H2,(H5,28,29,30,31,37,38,40,41)/b34-17-/t18-,23-/m1/s1. The number of carbonyl (C=O) groups is 4. The number of aliphatic carboxylic acids is 1. The van der Waals surface area contributed by atoms with E-state index in [2.05, 4.69) is 25.7 Å². The predicted octanol–water partition coefficient (Wildman–Crippen LogP) is -1.59. The van der Waals surface area contributed by atoms with Crippen molar-refractivity contribution in [3.63, 3.8) is 0 Å². The number of hydrogen-bond donors (Lipinski definition) is 4. The van der Waals surface area contributed by atoms with Gasteiger partial charge in [0.15, 0.2) is 36.0 Å². The van der Waals surface area contributed by atoms with Crippen molar-refractivity contribution in [2.75, 3.05) is 24.8 Å². The zero-order chi connectivity index (χ0) is 31.4. The number of nitrogens with zero attached hydrogens (tertiary/aromatic N) is 6. The molecular weight excluding hydrogens is 619 g/mol. The summed E-state index contributed by atoms with van der Waals surface area (Å²) in [6.45, 7) is -1.13. The van der Waals surface area contributed by atoms with E-state index in [4.69, 9.17) is 15.8 Å². The highest BCUT2D eigenvalue weighted by molar-refractivity contribution is 8.00. The number of carbonyl (C=O) groups excluding carboxylic acids is 4. The topological polar surface area (TPSA) is 235 Å². The molecule has 2 aliphatic rings. The summed E-state index contributed by atoms with van der Waals surface area (Å²) in [5.41, 5.74) is 6.74. The molecule has 3 aromatic rings. The van der Waals surface area contributed by atoms with Crippen LogP contribution < -0.4 is 26.0 Å². The minimum Gasteiger partial charge on any atom is -0.543 e. The number of nitrogen functional groups attached to an aromatic ring is 1. The van der Waals surface area contributed by atoms with E-state index in [9.17, 15) is 28.7 Å². The highest BCUT2D eigenvalue weighted by Gasteiger charge is 2.53. The largest absolute Gasteiger partial charge is 0.543 e. The summed E-state index contributed by atoms with van der Waals surface area (Å²) in [5, 5.41) is 36.5. The van der Waals surface area contributed by atoms with Crippen LogP contribution in [0.1, 0.15) is 16.2 Å². The maximum atomic E-state index is 13.1. The minimum atomic E-state index is -1.54. The molecule has 5 heterocycles. The molecule has 1 saturated heterocycles. The van der Waals surface area contributed by atoms with Crippen LogP contribution in [0.2, 0.25) is 0 Å². The molecule has 2 atom stereocenters. The highest BCUT2D eigenvalue weighted by Crippen LogP contribution is 2.40. The molecule has 5 N–H and O–H groups in total.